The highest BCUT2D eigenvalue weighted by Crippen LogP contribution is 2.31. The quantitative estimate of drug-likeness (QED) is 0.851. The topological polar surface area (TPSA) is 50.7 Å². The molecule has 16 heavy (non-hydrogen) atoms. The molecular weight excluding hydrogens is 240 g/mol. The van der Waals surface area contributed by atoms with Crippen molar-refractivity contribution < 1.29 is 0 Å². The Morgan fingerprint density at radius 3 is 2.75 bits per heavy atom. The van der Waals surface area contributed by atoms with Gasteiger partial charge in [0.1, 0.15) is 5.03 Å². The third-order valence-corrected chi connectivity index (χ3v) is 4.09. The first kappa shape index (κ1) is 11.3. The van der Waals surface area contributed by atoms with Crippen LogP contribution in [0.4, 0.5) is 5.95 Å². The number of aromatic nitrogens is 3. The van der Waals surface area contributed by atoms with Crippen LogP contribution in [0.1, 0.15) is 11.3 Å². The molecule has 0 amide bonds. The third-order valence-electron chi connectivity index (χ3n) is 1.93. The third kappa shape index (κ3) is 2.51. The van der Waals surface area contributed by atoms with Gasteiger partial charge in [0, 0.05) is 29.9 Å². The van der Waals surface area contributed by atoms with Crippen molar-refractivity contribution in [1.29, 1.82) is 0 Å². The van der Waals surface area contributed by atoms with E-state index in [1.165, 1.54) is 0 Å². The van der Waals surface area contributed by atoms with Crippen molar-refractivity contribution in [2.24, 2.45) is 0 Å². The van der Waals surface area contributed by atoms with Gasteiger partial charge in [0.2, 0.25) is 5.95 Å². The van der Waals surface area contributed by atoms with Crippen molar-refractivity contribution >= 4 is 29.0 Å². The lowest BCUT2D eigenvalue weighted by Gasteiger charge is -2.04. The minimum Gasteiger partial charge on any atom is -0.357 e. The van der Waals surface area contributed by atoms with E-state index in [0.717, 1.165) is 20.6 Å². The standard InChI is InChI=1S/C10H12N4S2/c1-6-4-12-9(11-3)14-8(6)16-10-13-7(2)5-15-10/h4-5H,1-3H3,(H,11,12,14). The van der Waals surface area contributed by atoms with Gasteiger partial charge in [0.15, 0.2) is 4.34 Å². The molecule has 0 aliphatic heterocycles. The van der Waals surface area contributed by atoms with Gasteiger partial charge in [-0.1, -0.05) is 0 Å². The zero-order valence-corrected chi connectivity index (χ0v) is 10.9. The second-order valence-corrected chi connectivity index (χ2v) is 5.38. The fraction of sp³-hybridized carbons (Fsp3) is 0.300. The van der Waals surface area contributed by atoms with Crippen molar-refractivity contribution in [2.75, 3.05) is 12.4 Å². The first-order chi connectivity index (χ1) is 7.69. The Morgan fingerprint density at radius 1 is 1.31 bits per heavy atom. The number of rotatable bonds is 3. The summed E-state index contributed by atoms with van der Waals surface area (Å²) in [6.45, 7) is 3.99. The molecule has 0 aliphatic carbocycles. The average molecular weight is 252 g/mol. The predicted octanol–water partition coefficient (Wildman–Crippen LogP) is 2.74. The molecule has 6 heteroatoms. The minimum absolute atomic E-state index is 0.640. The van der Waals surface area contributed by atoms with Gasteiger partial charge < -0.3 is 5.32 Å². The highest BCUT2D eigenvalue weighted by atomic mass is 32.2. The van der Waals surface area contributed by atoms with Crippen molar-refractivity contribution in [1.82, 2.24) is 15.0 Å². The molecule has 2 heterocycles. The molecule has 2 aromatic rings. The molecule has 0 unspecified atom stereocenters. The number of hydrogen-bond acceptors (Lipinski definition) is 6. The summed E-state index contributed by atoms with van der Waals surface area (Å²) < 4.78 is 1.02. The lowest BCUT2D eigenvalue weighted by Crippen LogP contribution is -1.98. The summed E-state index contributed by atoms with van der Waals surface area (Å²) in [6, 6.07) is 0. The maximum Gasteiger partial charge on any atom is 0.223 e. The number of nitrogens with one attached hydrogen (secondary N) is 1. The van der Waals surface area contributed by atoms with E-state index in [9.17, 15) is 0 Å². The van der Waals surface area contributed by atoms with E-state index in [-0.39, 0.29) is 0 Å². The normalized spacial score (nSPS) is 10.4. The predicted molar refractivity (Wildman–Crippen MR) is 67.3 cm³/mol. The van der Waals surface area contributed by atoms with Crippen molar-refractivity contribution in [3.05, 3.63) is 22.8 Å². The minimum atomic E-state index is 0.640. The number of hydrogen-bond donors (Lipinski definition) is 1. The second kappa shape index (κ2) is 4.80. The molecule has 84 valence electrons. The van der Waals surface area contributed by atoms with Gasteiger partial charge >= 0.3 is 0 Å². The zero-order valence-electron chi connectivity index (χ0n) is 9.31. The SMILES string of the molecule is CNc1ncc(C)c(Sc2nc(C)cs2)n1. The molecule has 0 saturated carbocycles. The van der Waals surface area contributed by atoms with Crippen LogP contribution in [0.25, 0.3) is 0 Å². The highest BCUT2D eigenvalue weighted by molar-refractivity contribution is 8.01. The molecule has 0 bridgehead atoms. The van der Waals surface area contributed by atoms with E-state index in [2.05, 4.69) is 20.3 Å². The molecule has 1 N–H and O–H groups in total. The van der Waals surface area contributed by atoms with E-state index in [0.29, 0.717) is 5.95 Å². The summed E-state index contributed by atoms with van der Waals surface area (Å²) >= 11 is 3.22. The first-order valence-corrected chi connectivity index (χ1v) is 6.50. The van der Waals surface area contributed by atoms with E-state index in [1.54, 1.807) is 23.1 Å². The summed E-state index contributed by atoms with van der Waals surface area (Å²) in [5.74, 6) is 0.640. The molecule has 0 fully saturated rings. The maximum absolute atomic E-state index is 4.40. The lowest BCUT2D eigenvalue weighted by atomic mass is 10.4. The summed E-state index contributed by atoms with van der Waals surface area (Å²) in [4.78, 5) is 13.0. The molecular formula is C10H12N4S2. The van der Waals surface area contributed by atoms with Crippen LogP contribution in [0.5, 0.6) is 0 Å². The molecule has 2 rings (SSSR count). The molecule has 0 radical (unpaired) electrons. The summed E-state index contributed by atoms with van der Waals surface area (Å²) in [6.07, 6.45) is 1.82. The lowest BCUT2D eigenvalue weighted by molar-refractivity contribution is 1.00. The molecule has 4 nitrogen and oxygen atoms in total. The van der Waals surface area contributed by atoms with Crippen LogP contribution in [-0.2, 0) is 0 Å². The van der Waals surface area contributed by atoms with Crippen molar-refractivity contribution in [3.8, 4) is 0 Å². The highest BCUT2D eigenvalue weighted by Gasteiger charge is 2.07. The Morgan fingerprint density at radius 2 is 2.12 bits per heavy atom. The first-order valence-electron chi connectivity index (χ1n) is 4.80. The Bertz CT molecular complexity index is 495. The molecule has 0 aliphatic rings. The molecule has 0 aromatic carbocycles. The van der Waals surface area contributed by atoms with Crippen molar-refractivity contribution in [3.63, 3.8) is 0 Å². The number of aryl methyl sites for hydroxylation is 2. The Kier molecular flexibility index (Phi) is 3.40. The van der Waals surface area contributed by atoms with Gasteiger partial charge in [-0.2, -0.15) is 0 Å². The fourth-order valence-electron chi connectivity index (χ4n) is 1.11. The monoisotopic (exact) mass is 252 g/mol. The second-order valence-electron chi connectivity index (χ2n) is 3.29. The van der Waals surface area contributed by atoms with Gasteiger partial charge in [-0.15, -0.1) is 11.3 Å². The zero-order chi connectivity index (χ0) is 11.5. The molecule has 2 aromatic heterocycles. The van der Waals surface area contributed by atoms with Gasteiger partial charge in [-0.25, -0.2) is 15.0 Å². The van der Waals surface area contributed by atoms with Gasteiger partial charge in [0.05, 0.1) is 0 Å². The van der Waals surface area contributed by atoms with Crippen LogP contribution in [0.2, 0.25) is 0 Å². The summed E-state index contributed by atoms with van der Waals surface area (Å²) in [5, 5.41) is 5.93. The number of thiazole rings is 1. The fourth-order valence-corrected chi connectivity index (χ4v) is 2.91. The number of anilines is 1. The summed E-state index contributed by atoms with van der Waals surface area (Å²) in [5.41, 5.74) is 2.12. The van der Waals surface area contributed by atoms with E-state index in [1.807, 2.05) is 32.5 Å². The van der Waals surface area contributed by atoms with Crippen LogP contribution in [0, 0.1) is 13.8 Å². The summed E-state index contributed by atoms with van der Waals surface area (Å²) in [7, 11) is 1.81. The molecule has 0 saturated heterocycles. The van der Waals surface area contributed by atoms with E-state index >= 15 is 0 Å². The van der Waals surface area contributed by atoms with Crippen LogP contribution in [0.3, 0.4) is 0 Å². The van der Waals surface area contributed by atoms with Crippen LogP contribution >= 0.6 is 23.1 Å². The maximum atomic E-state index is 4.40. The average Bonchev–Trinajstić information content (AvgIpc) is 2.67. The van der Waals surface area contributed by atoms with Crippen LogP contribution in [-0.4, -0.2) is 22.0 Å². The van der Waals surface area contributed by atoms with E-state index < -0.39 is 0 Å². The van der Waals surface area contributed by atoms with Gasteiger partial charge in [-0.05, 0) is 25.6 Å². The molecule has 0 spiro atoms. The van der Waals surface area contributed by atoms with Crippen molar-refractivity contribution in [2.45, 2.75) is 23.2 Å². The van der Waals surface area contributed by atoms with Gasteiger partial charge in [0.25, 0.3) is 0 Å². The smallest absolute Gasteiger partial charge is 0.223 e. The Balaban J connectivity index is 2.26. The van der Waals surface area contributed by atoms with Crippen LogP contribution in [0.15, 0.2) is 20.9 Å². The largest absolute Gasteiger partial charge is 0.357 e. The van der Waals surface area contributed by atoms with Crippen LogP contribution < -0.4 is 5.32 Å². The number of nitrogens with zero attached hydrogens (tertiary/aromatic N) is 3. The Labute approximate surface area is 103 Å². The molecule has 0 atom stereocenters. The van der Waals surface area contributed by atoms with Gasteiger partial charge in [-0.3, -0.25) is 0 Å². The van der Waals surface area contributed by atoms with E-state index in [4.69, 9.17) is 0 Å². The Hall–Kier alpha value is -1.14.